The first-order valence-electron chi connectivity index (χ1n) is 6.09. The van der Waals surface area contributed by atoms with Crippen LogP contribution in [0.25, 0.3) is 0 Å². The number of aryl methyl sites for hydroxylation is 1. The molecule has 0 spiro atoms. The van der Waals surface area contributed by atoms with Crippen LogP contribution >= 0.6 is 0 Å². The van der Waals surface area contributed by atoms with Crippen molar-refractivity contribution in [2.75, 3.05) is 0 Å². The fourth-order valence-electron chi connectivity index (χ4n) is 1.60. The maximum Gasteiger partial charge on any atom is 0.264 e. The number of nitrogens with two attached hydrogens (primary N) is 1. The molecular formula is C13H16FN3O2. The zero-order valence-electron chi connectivity index (χ0n) is 10.9. The Morgan fingerprint density at radius 2 is 2.26 bits per heavy atom. The van der Waals surface area contributed by atoms with Crippen LogP contribution in [0.2, 0.25) is 0 Å². The lowest BCUT2D eigenvalue weighted by atomic mass is 10.1. The molecule has 1 atom stereocenters. The fourth-order valence-corrected chi connectivity index (χ4v) is 1.60. The molecule has 0 aliphatic rings. The first-order valence-corrected chi connectivity index (χ1v) is 6.09. The summed E-state index contributed by atoms with van der Waals surface area (Å²) in [5.41, 5.74) is 6.09. The highest BCUT2D eigenvalue weighted by Gasteiger charge is 2.09. The summed E-state index contributed by atoms with van der Waals surface area (Å²) in [6, 6.07) is 4.23. The summed E-state index contributed by atoms with van der Waals surface area (Å²) in [5.74, 6) is 1.01. The van der Waals surface area contributed by atoms with Gasteiger partial charge < -0.3 is 15.0 Å². The number of hydrogen-bond donors (Lipinski definition) is 1. The molecule has 5 nitrogen and oxygen atoms in total. The minimum Gasteiger partial charge on any atom is -0.484 e. The Morgan fingerprint density at radius 1 is 1.47 bits per heavy atom. The van der Waals surface area contributed by atoms with Crippen molar-refractivity contribution in [2.24, 2.45) is 5.73 Å². The normalized spacial score (nSPS) is 12.4. The summed E-state index contributed by atoms with van der Waals surface area (Å²) in [5, 5.41) is 3.75. The minimum atomic E-state index is -0.382. The van der Waals surface area contributed by atoms with E-state index in [2.05, 4.69) is 10.1 Å². The lowest BCUT2D eigenvalue weighted by Crippen LogP contribution is -2.07. The second kappa shape index (κ2) is 5.79. The summed E-state index contributed by atoms with van der Waals surface area (Å²) >= 11 is 0. The highest BCUT2D eigenvalue weighted by molar-refractivity contribution is 5.30. The number of benzene rings is 1. The minimum absolute atomic E-state index is 0.115. The van der Waals surface area contributed by atoms with E-state index in [1.807, 2.05) is 6.92 Å². The van der Waals surface area contributed by atoms with Crippen molar-refractivity contribution in [2.45, 2.75) is 32.9 Å². The first-order chi connectivity index (χ1) is 9.10. The van der Waals surface area contributed by atoms with Crippen LogP contribution in [0.1, 0.15) is 37.2 Å². The number of ether oxygens (including phenoxy) is 1. The molecule has 0 radical (unpaired) electrons. The topological polar surface area (TPSA) is 74.2 Å². The highest BCUT2D eigenvalue weighted by Crippen LogP contribution is 2.21. The molecule has 1 heterocycles. The van der Waals surface area contributed by atoms with E-state index in [0.717, 1.165) is 0 Å². The maximum atomic E-state index is 13.7. The number of aromatic nitrogens is 2. The molecule has 0 saturated heterocycles. The monoisotopic (exact) mass is 265 g/mol. The van der Waals surface area contributed by atoms with Gasteiger partial charge in [0.05, 0.1) is 0 Å². The molecule has 0 aliphatic heterocycles. The molecule has 2 N–H and O–H groups in total. The molecule has 2 aromatic rings. The quantitative estimate of drug-likeness (QED) is 0.898. The summed E-state index contributed by atoms with van der Waals surface area (Å²) < 4.78 is 24.0. The van der Waals surface area contributed by atoms with Crippen LogP contribution in [0, 0.1) is 5.82 Å². The SMILES string of the molecule is CCc1noc(COc2ccc([C@@H](C)N)c(F)c2)n1. The molecule has 0 aliphatic carbocycles. The predicted molar refractivity (Wildman–Crippen MR) is 67.0 cm³/mol. The molecule has 0 fully saturated rings. The standard InChI is InChI=1S/C13H16FN3O2/c1-3-12-16-13(19-17-12)7-18-9-4-5-10(8(2)15)11(14)6-9/h4-6,8H,3,7,15H2,1-2H3/t8-/m1/s1. The van der Waals surface area contributed by atoms with Crippen molar-refractivity contribution >= 4 is 0 Å². The zero-order chi connectivity index (χ0) is 13.8. The van der Waals surface area contributed by atoms with E-state index in [1.165, 1.54) is 6.07 Å². The van der Waals surface area contributed by atoms with Gasteiger partial charge in [0.15, 0.2) is 12.4 Å². The van der Waals surface area contributed by atoms with Crippen molar-refractivity contribution in [3.63, 3.8) is 0 Å². The molecule has 0 amide bonds. The average molecular weight is 265 g/mol. The third kappa shape index (κ3) is 3.29. The second-order valence-electron chi connectivity index (χ2n) is 4.22. The van der Waals surface area contributed by atoms with Crippen LogP contribution < -0.4 is 10.5 Å². The van der Waals surface area contributed by atoms with Crippen LogP contribution in [0.15, 0.2) is 22.7 Å². The Hall–Kier alpha value is -1.95. The van der Waals surface area contributed by atoms with Crippen LogP contribution in [0.3, 0.4) is 0 Å². The lowest BCUT2D eigenvalue weighted by Gasteiger charge is -2.09. The lowest BCUT2D eigenvalue weighted by molar-refractivity contribution is 0.241. The van der Waals surface area contributed by atoms with Crippen LogP contribution in [-0.2, 0) is 13.0 Å². The van der Waals surface area contributed by atoms with Gasteiger partial charge in [0.1, 0.15) is 11.6 Å². The van der Waals surface area contributed by atoms with Crippen molar-refractivity contribution in [1.29, 1.82) is 0 Å². The van der Waals surface area contributed by atoms with E-state index in [1.54, 1.807) is 19.1 Å². The molecule has 19 heavy (non-hydrogen) atoms. The van der Waals surface area contributed by atoms with Crippen molar-refractivity contribution in [1.82, 2.24) is 10.1 Å². The van der Waals surface area contributed by atoms with Gasteiger partial charge in [0.25, 0.3) is 5.89 Å². The third-order valence-corrected chi connectivity index (χ3v) is 2.65. The van der Waals surface area contributed by atoms with Gasteiger partial charge in [-0.05, 0) is 13.0 Å². The van der Waals surface area contributed by atoms with E-state index in [-0.39, 0.29) is 18.5 Å². The van der Waals surface area contributed by atoms with E-state index >= 15 is 0 Å². The van der Waals surface area contributed by atoms with Gasteiger partial charge in [-0.25, -0.2) is 4.39 Å². The largest absolute Gasteiger partial charge is 0.484 e. The molecule has 0 unspecified atom stereocenters. The number of nitrogens with zero attached hydrogens (tertiary/aromatic N) is 2. The summed E-state index contributed by atoms with van der Waals surface area (Å²) in [6.07, 6.45) is 0.696. The zero-order valence-corrected chi connectivity index (χ0v) is 10.9. The molecule has 6 heteroatoms. The Kier molecular flexibility index (Phi) is 4.11. The van der Waals surface area contributed by atoms with Crippen LogP contribution in [0.4, 0.5) is 4.39 Å². The van der Waals surface area contributed by atoms with Gasteiger partial charge in [-0.3, -0.25) is 0 Å². The first kappa shape index (κ1) is 13.5. The van der Waals surface area contributed by atoms with Crippen molar-refractivity contribution < 1.29 is 13.7 Å². The van der Waals surface area contributed by atoms with E-state index in [9.17, 15) is 4.39 Å². The average Bonchev–Trinajstić information content (AvgIpc) is 2.84. The van der Waals surface area contributed by atoms with E-state index in [4.69, 9.17) is 15.0 Å². The number of hydrogen-bond acceptors (Lipinski definition) is 5. The van der Waals surface area contributed by atoms with Crippen LogP contribution in [0.5, 0.6) is 5.75 Å². The van der Waals surface area contributed by atoms with Gasteiger partial charge in [-0.1, -0.05) is 18.1 Å². The third-order valence-electron chi connectivity index (χ3n) is 2.65. The maximum absolute atomic E-state index is 13.7. The Labute approximate surface area is 110 Å². The predicted octanol–water partition coefficient (Wildman–Crippen LogP) is 2.37. The summed E-state index contributed by atoms with van der Waals surface area (Å²) in [7, 11) is 0. The Bertz CT molecular complexity index is 555. The van der Waals surface area contributed by atoms with E-state index in [0.29, 0.717) is 29.4 Å². The number of rotatable bonds is 5. The Balaban J connectivity index is 2.01. The molecule has 2 rings (SSSR count). The molecule has 102 valence electrons. The van der Waals surface area contributed by atoms with Gasteiger partial charge >= 0.3 is 0 Å². The van der Waals surface area contributed by atoms with Gasteiger partial charge in [0, 0.05) is 24.1 Å². The molecule has 1 aromatic heterocycles. The molecule has 0 saturated carbocycles. The van der Waals surface area contributed by atoms with E-state index < -0.39 is 0 Å². The van der Waals surface area contributed by atoms with Gasteiger partial charge in [0.2, 0.25) is 0 Å². The fraction of sp³-hybridized carbons (Fsp3) is 0.385. The van der Waals surface area contributed by atoms with Crippen LogP contribution in [-0.4, -0.2) is 10.1 Å². The van der Waals surface area contributed by atoms with Gasteiger partial charge in [-0.2, -0.15) is 4.98 Å². The van der Waals surface area contributed by atoms with Gasteiger partial charge in [-0.15, -0.1) is 0 Å². The van der Waals surface area contributed by atoms with Crippen molar-refractivity contribution in [3.8, 4) is 5.75 Å². The number of halogens is 1. The molecular weight excluding hydrogens is 249 g/mol. The summed E-state index contributed by atoms with van der Waals surface area (Å²) in [6.45, 7) is 3.77. The summed E-state index contributed by atoms with van der Waals surface area (Å²) in [4.78, 5) is 4.10. The van der Waals surface area contributed by atoms with Crippen molar-refractivity contribution in [3.05, 3.63) is 41.3 Å². The second-order valence-corrected chi connectivity index (χ2v) is 4.22. The Morgan fingerprint density at radius 3 is 2.84 bits per heavy atom. The smallest absolute Gasteiger partial charge is 0.264 e. The highest BCUT2D eigenvalue weighted by atomic mass is 19.1. The molecule has 1 aromatic carbocycles. The molecule has 0 bridgehead atoms.